The second-order valence-electron chi connectivity index (χ2n) is 2.38. The van der Waals surface area contributed by atoms with Gasteiger partial charge in [-0.1, -0.05) is 19.0 Å². The number of oxazole rings is 1. The summed E-state index contributed by atoms with van der Waals surface area (Å²) in [5, 5.41) is 3.53. The third kappa shape index (κ3) is 5.94. The van der Waals surface area contributed by atoms with Crippen LogP contribution in [-0.2, 0) is 13.1 Å². The topological polar surface area (TPSA) is 104 Å². The molecule has 0 aliphatic carbocycles. The highest BCUT2D eigenvalue weighted by molar-refractivity contribution is 4.92. The van der Waals surface area contributed by atoms with Gasteiger partial charge in [0.2, 0.25) is 0 Å². The summed E-state index contributed by atoms with van der Waals surface area (Å²) in [5.74, 6) is 0. The van der Waals surface area contributed by atoms with Crippen molar-refractivity contribution in [1.82, 2.24) is 10.1 Å². The summed E-state index contributed by atoms with van der Waals surface area (Å²) in [5.41, 5.74) is 11.9. The first kappa shape index (κ1) is 14.3. The maximum Gasteiger partial charge on any atom is 0.180 e. The lowest BCUT2D eigenvalue weighted by atomic mass is 10.5. The van der Waals surface area contributed by atoms with Crippen molar-refractivity contribution in [3.05, 3.63) is 36.4 Å². The van der Waals surface area contributed by atoms with Gasteiger partial charge in [0.25, 0.3) is 0 Å². The lowest BCUT2D eigenvalue weighted by Crippen LogP contribution is -1.94. The second kappa shape index (κ2) is 9.88. The minimum atomic E-state index is 0.455. The van der Waals surface area contributed by atoms with Crippen LogP contribution in [0.4, 0.5) is 0 Å². The molecule has 4 N–H and O–H groups in total. The molecule has 0 bridgehead atoms. The Hall–Kier alpha value is -1.66. The Morgan fingerprint density at radius 1 is 1.19 bits per heavy atom. The fourth-order valence-corrected chi connectivity index (χ4v) is 0.681. The Morgan fingerprint density at radius 2 is 1.88 bits per heavy atom. The van der Waals surface area contributed by atoms with Crippen molar-refractivity contribution in [1.29, 1.82) is 0 Å². The van der Waals surface area contributed by atoms with Crippen LogP contribution in [0.2, 0.25) is 0 Å². The van der Waals surface area contributed by atoms with Crippen LogP contribution in [0.15, 0.2) is 33.9 Å². The number of aromatic nitrogens is 2. The molecule has 0 atom stereocenters. The van der Waals surface area contributed by atoms with Gasteiger partial charge in [-0.15, -0.1) is 0 Å². The third-order valence-corrected chi connectivity index (χ3v) is 1.39. The average molecular weight is 226 g/mol. The normalized spacial score (nSPS) is 8.50. The number of hydrogen-bond acceptors (Lipinski definition) is 6. The van der Waals surface area contributed by atoms with Gasteiger partial charge in [0, 0.05) is 19.2 Å². The highest BCUT2D eigenvalue weighted by Gasteiger charge is 1.86. The number of nitrogens with zero attached hydrogens (tertiary/aromatic N) is 2. The molecule has 0 fully saturated rings. The van der Waals surface area contributed by atoms with Crippen molar-refractivity contribution in [2.75, 3.05) is 0 Å². The number of rotatable bonds is 2. The Morgan fingerprint density at radius 3 is 2.12 bits per heavy atom. The molecule has 0 saturated carbocycles. The second-order valence-corrected chi connectivity index (χ2v) is 2.38. The largest absolute Gasteiger partial charge is 0.451 e. The third-order valence-electron chi connectivity index (χ3n) is 1.39. The molecular weight excluding hydrogens is 208 g/mol. The Labute approximate surface area is 94.6 Å². The van der Waals surface area contributed by atoms with Gasteiger partial charge in [-0.25, -0.2) is 4.98 Å². The molecule has 2 heterocycles. The Balaban J connectivity index is 0.000000244. The summed E-state index contributed by atoms with van der Waals surface area (Å²) in [7, 11) is 0. The van der Waals surface area contributed by atoms with E-state index in [9.17, 15) is 0 Å². The molecule has 0 unspecified atom stereocenters. The van der Waals surface area contributed by atoms with Gasteiger partial charge < -0.3 is 20.4 Å². The summed E-state index contributed by atoms with van der Waals surface area (Å²) in [6.07, 6.45) is 4.39. The highest BCUT2D eigenvalue weighted by atomic mass is 16.5. The molecule has 0 radical (unpaired) electrons. The molecule has 6 nitrogen and oxygen atoms in total. The van der Waals surface area contributed by atoms with E-state index in [0.717, 1.165) is 11.4 Å². The Kier molecular flexibility index (Phi) is 8.85. The predicted molar refractivity (Wildman–Crippen MR) is 60.1 cm³/mol. The van der Waals surface area contributed by atoms with Crippen LogP contribution in [0.5, 0.6) is 0 Å². The molecule has 0 amide bonds. The van der Waals surface area contributed by atoms with E-state index in [4.69, 9.17) is 11.5 Å². The van der Waals surface area contributed by atoms with Gasteiger partial charge in [0.1, 0.15) is 12.5 Å². The standard InChI is InChI=1S/2C4H6N2O.C2H6/c5-1-4-2-7-3-6-4;5-3-4-1-2-7-6-4;1-2/h2-3H,1,5H2;1-2H,3,5H2;1-2H3. The van der Waals surface area contributed by atoms with Crippen molar-refractivity contribution in [2.24, 2.45) is 11.5 Å². The lowest BCUT2D eigenvalue weighted by molar-refractivity contribution is 0.412. The maximum absolute atomic E-state index is 5.17. The Bertz CT molecular complexity index is 284. The summed E-state index contributed by atoms with van der Waals surface area (Å²) in [6.45, 7) is 4.91. The summed E-state index contributed by atoms with van der Waals surface area (Å²) < 4.78 is 9.09. The SMILES string of the molecule is CC.NCc1ccon1.NCc1cocn1. The van der Waals surface area contributed by atoms with Crippen LogP contribution < -0.4 is 11.5 Å². The molecular formula is C10H18N4O2. The zero-order valence-electron chi connectivity index (χ0n) is 9.59. The molecule has 2 rings (SSSR count). The molecule has 2 aromatic heterocycles. The van der Waals surface area contributed by atoms with E-state index in [1.165, 1.54) is 18.9 Å². The summed E-state index contributed by atoms with van der Waals surface area (Å²) >= 11 is 0. The molecule has 0 aromatic carbocycles. The summed E-state index contributed by atoms with van der Waals surface area (Å²) in [6, 6.07) is 1.74. The van der Waals surface area contributed by atoms with E-state index in [0.29, 0.717) is 13.1 Å². The summed E-state index contributed by atoms with van der Waals surface area (Å²) in [4.78, 5) is 3.74. The molecule has 16 heavy (non-hydrogen) atoms. The fraction of sp³-hybridized carbons (Fsp3) is 0.400. The van der Waals surface area contributed by atoms with E-state index in [2.05, 4.69) is 19.1 Å². The van der Waals surface area contributed by atoms with Crippen LogP contribution >= 0.6 is 0 Å². The number of nitrogens with two attached hydrogens (primary N) is 2. The smallest absolute Gasteiger partial charge is 0.180 e. The number of hydrogen-bond donors (Lipinski definition) is 2. The first-order valence-electron chi connectivity index (χ1n) is 5.03. The van der Waals surface area contributed by atoms with Crippen molar-refractivity contribution in [2.45, 2.75) is 26.9 Å². The van der Waals surface area contributed by atoms with E-state index in [1.54, 1.807) is 6.07 Å². The first-order valence-corrected chi connectivity index (χ1v) is 5.03. The van der Waals surface area contributed by atoms with Gasteiger partial charge >= 0.3 is 0 Å². The van der Waals surface area contributed by atoms with Crippen LogP contribution in [0.1, 0.15) is 25.2 Å². The zero-order valence-corrected chi connectivity index (χ0v) is 9.59. The van der Waals surface area contributed by atoms with Crippen LogP contribution in [-0.4, -0.2) is 10.1 Å². The quantitative estimate of drug-likeness (QED) is 0.799. The van der Waals surface area contributed by atoms with E-state index >= 15 is 0 Å². The maximum atomic E-state index is 5.17. The van der Waals surface area contributed by atoms with Gasteiger partial charge in [0.15, 0.2) is 6.39 Å². The van der Waals surface area contributed by atoms with Crippen molar-refractivity contribution in [3.63, 3.8) is 0 Å². The molecule has 0 aliphatic heterocycles. The lowest BCUT2D eigenvalue weighted by Gasteiger charge is -1.76. The molecule has 0 aliphatic rings. The fourth-order valence-electron chi connectivity index (χ4n) is 0.681. The molecule has 0 spiro atoms. The van der Waals surface area contributed by atoms with Crippen molar-refractivity contribution < 1.29 is 8.94 Å². The molecule has 0 saturated heterocycles. The zero-order chi connectivity index (χ0) is 12.2. The van der Waals surface area contributed by atoms with Crippen LogP contribution in [0.25, 0.3) is 0 Å². The predicted octanol–water partition coefficient (Wildman–Crippen LogP) is 1.29. The van der Waals surface area contributed by atoms with Crippen LogP contribution in [0, 0.1) is 0 Å². The monoisotopic (exact) mass is 226 g/mol. The van der Waals surface area contributed by atoms with E-state index < -0.39 is 0 Å². The van der Waals surface area contributed by atoms with E-state index in [-0.39, 0.29) is 0 Å². The molecule has 6 heteroatoms. The van der Waals surface area contributed by atoms with E-state index in [1.807, 2.05) is 13.8 Å². The first-order chi connectivity index (χ1) is 7.86. The molecule has 2 aromatic rings. The van der Waals surface area contributed by atoms with Gasteiger partial charge in [-0.05, 0) is 0 Å². The van der Waals surface area contributed by atoms with Gasteiger partial charge in [0.05, 0.1) is 11.4 Å². The van der Waals surface area contributed by atoms with Gasteiger partial charge in [-0.3, -0.25) is 0 Å². The van der Waals surface area contributed by atoms with Gasteiger partial charge in [-0.2, -0.15) is 0 Å². The minimum absolute atomic E-state index is 0.455. The molecule has 90 valence electrons. The van der Waals surface area contributed by atoms with Crippen LogP contribution in [0.3, 0.4) is 0 Å². The average Bonchev–Trinajstić information content (AvgIpc) is 3.05. The minimum Gasteiger partial charge on any atom is -0.451 e. The van der Waals surface area contributed by atoms with Crippen molar-refractivity contribution >= 4 is 0 Å². The van der Waals surface area contributed by atoms with Crippen molar-refractivity contribution in [3.8, 4) is 0 Å². The highest BCUT2D eigenvalue weighted by Crippen LogP contribution is 1.89.